The summed E-state index contributed by atoms with van der Waals surface area (Å²) in [6.45, 7) is 6.05. The molecule has 0 aromatic carbocycles. The predicted molar refractivity (Wildman–Crippen MR) is 69.9 cm³/mol. The fraction of sp³-hybridized carbons (Fsp3) is 0.615. The van der Waals surface area contributed by atoms with Crippen LogP contribution < -0.4 is 5.32 Å². The summed E-state index contributed by atoms with van der Waals surface area (Å²) in [7, 11) is 1.95. The van der Waals surface area contributed by atoms with Crippen LogP contribution in [0.5, 0.6) is 0 Å². The quantitative estimate of drug-likeness (QED) is 0.722. The Morgan fingerprint density at radius 2 is 2.29 bits per heavy atom. The van der Waals surface area contributed by atoms with E-state index >= 15 is 0 Å². The van der Waals surface area contributed by atoms with Gasteiger partial charge >= 0.3 is 0 Å². The van der Waals surface area contributed by atoms with Crippen LogP contribution in [0.25, 0.3) is 0 Å². The predicted octanol–water partition coefficient (Wildman–Crippen LogP) is 2.23. The number of rotatable bonds is 6. The molecule has 0 radical (unpaired) electrons. The van der Waals surface area contributed by atoms with Crippen LogP contribution >= 0.6 is 0 Å². The summed E-state index contributed by atoms with van der Waals surface area (Å²) < 4.78 is 11.0. The molecular formula is C13H22N2O2. The Balaban J connectivity index is 2.38. The van der Waals surface area contributed by atoms with E-state index in [2.05, 4.69) is 23.3 Å². The van der Waals surface area contributed by atoms with Crippen LogP contribution in [-0.4, -0.2) is 31.5 Å². The standard InChI is InChI=1S/C13H22N2O2/c1-10(2)16-13-9-15-8-12(17-13)7-5-6-11(3)14-4/h5,7-12,14H,6H2,1-4H3/b7-5+. The van der Waals surface area contributed by atoms with Crippen molar-refractivity contribution in [2.45, 2.75) is 45.4 Å². The van der Waals surface area contributed by atoms with Crippen molar-refractivity contribution in [3.8, 4) is 0 Å². The summed E-state index contributed by atoms with van der Waals surface area (Å²) in [6.07, 6.45) is 8.38. The van der Waals surface area contributed by atoms with Crippen LogP contribution in [0, 0.1) is 0 Å². The van der Waals surface area contributed by atoms with Crippen molar-refractivity contribution in [3.05, 3.63) is 24.3 Å². The van der Waals surface area contributed by atoms with Gasteiger partial charge < -0.3 is 14.8 Å². The SMILES string of the molecule is CNC(C)C/C=C/C1C=NC=C(OC(C)C)O1. The van der Waals surface area contributed by atoms with E-state index in [1.54, 1.807) is 12.4 Å². The van der Waals surface area contributed by atoms with Crippen LogP contribution in [0.4, 0.5) is 0 Å². The lowest BCUT2D eigenvalue weighted by Gasteiger charge is -2.19. The molecule has 0 saturated heterocycles. The molecule has 0 bridgehead atoms. The lowest BCUT2D eigenvalue weighted by atomic mass is 10.2. The monoisotopic (exact) mass is 238 g/mol. The molecule has 0 aliphatic carbocycles. The van der Waals surface area contributed by atoms with E-state index in [-0.39, 0.29) is 12.2 Å². The Labute approximate surface area is 103 Å². The van der Waals surface area contributed by atoms with Gasteiger partial charge in [-0.2, -0.15) is 0 Å². The molecule has 1 heterocycles. The third-order valence-electron chi connectivity index (χ3n) is 2.33. The van der Waals surface area contributed by atoms with Crippen molar-refractivity contribution in [3.63, 3.8) is 0 Å². The smallest absolute Gasteiger partial charge is 0.299 e. The first-order chi connectivity index (χ1) is 8.11. The maximum absolute atomic E-state index is 5.60. The lowest BCUT2D eigenvalue weighted by Crippen LogP contribution is -2.21. The van der Waals surface area contributed by atoms with Crippen LogP contribution in [0.15, 0.2) is 29.3 Å². The summed E-state index contributed by atoms with van der Waals surface area (Å²) in [4.78, 5) is 4.11. The fourth-order valence-corrected chi connectivity index (χ4v) is 1.30. The molecule has 2 unspecified atom stereocenters. The van der Waals surface area contributed by atoms with E-state index in [9.17, 15) is 0 Å². The number of hydrogen-bond acceptors (Lipinski definition) is 4. The van der Waals surface area contributed by atoms with E-state index < -0.39 is 0 Å². The third-order valence-corrected chi connectivity index (χ3v) is 2.33. The van der Waals surface area contributed by atoms with Gasteiger partial charge in [-0.05, 0) is 40.3 Å². The van der Waals surface area contributed by atoms with Gasteiger partial charge in [-0.3, -0.25) is 4.99 Å². The number of nitrogens with zero attached hydrogens (tertiary/aromatic N) is 1. The zero-order chi connectivity index (χ0) is 12.7. The maximum atomic E-state index is 5.60. The van der Waals surface area contributed by atoms with Gasteiger partial charge in [-0.25, -0.2) is 0 Å². The molecule has 0 amide bonds. The van der Waals surface area contributed by atoms with Gasteiger partial charge in [-0.1, -0.05) is 6.08 Å². The van der Waals surface area contributed by atoms with Gasteiger partial charge in [0.1, 0.15) is 6.20 Å². The zero-order valence-electron chi connectivity index (χ0n) is 11.0. The highest BCUT2D eigenvalue weighted by molar-refractivity contribution is 5.67. The van der Waals surface area contributed by atoms with Gasteiger partial charge in [0.2, 0.25) is 0 Å². The van der Waals surface area contributed by atoms with Crippen LogP contribution in [-0.2, 0) is 9.47 Å². The molecule has 17 heavy (non-hydrogen) atoms. The summed E-state index contributed by atoms with van der Waals surface area (Å²) in [5.41, 5.74) is 0. The zero-order valence-corrected chi connectivity index (χ0v) is 11.0. The largest absolute Gasteiger partial charge is 0.462 e. The summed E-state index contributed by atoms with van der Waals surface area (Å²) >= 11 is 0. The molecule has 96 valence electrons. The molecule has 4 nitrogen and oxygen atoms in total. The molecule has 0 fully saturated rings. The second-order valence-corrected chi connectivity index (χ2v) is 4.35. The van der Waals surface area contributed by atoms with Crippen molar-refractivity contribution in [2.24, 2.45) is 4.99 Å². The van der Waals surface area contributed by atoms with Crippen molar-refractivity contribution in [2.75, 3.05) is 7.05 Å². The first-order valence-corrected chi connectivity index (χ1v) is 6.02. The number of aliphatic imine (C=N–C) groups is 1. The average molecular weight is 238 g/mol. The number of nitrogens with one attached hydrogen (secondary N) is 1. The normalized spacial score (nSPS) is 21.5. The second-order valence-electron chi connectivity index (χ2n) is 4.35. The molecular weight excluding hydrogens is 216 g/mol. The van der Waals surface area contributed by atoms with Gasteiger partial charge in [-0.15, -0.1) is 0 Å². The summed E-state index contributed by atoms with van der Waals surface area (Å²) in [6, 6.07) is 0.466. The molecule has 0 aromatic rings. The molecule has 1 rings (SSSR count). The van der Waals surface area contributed by atoms with E-state index in [0.29, 0.717) is 12.0 Å². The third kappa shape index (κ3) is 5.54. The molecule has 1 aliphatic rings. The average Bonchev–Trinajstić information content (AvgIpc) is 2.28. The highest BCUT2D eigenvalue weighted by atomic mass is 16.7. The Bertz CT molecular complexity index is 309. The highest BCUT2D eigenvalue weighted by Gasteiger charge is 2.12. The first kappa shape index (κ1) is 13.8. The van der Waals surface area contributed by atoms with E-state index in [1.165, 1.54) is 0 Å². The van der Waals surface area contributed by atoms with Crippen LogP contribution in [0.1, 0.15) is 27.2 Å². The van der Waals surface area contributed by atoms with Crippen molar-refractivity contribution < 1.29 is 9.47 Å². The Hall–Kier alpha value is -1.29. The topological polar surface area (TPSA) is 42.9 Å². The van der Waals surface area contributed by atoms with Gasteiger partial charge in [0.15, 0.2) is 6.10 Å². The molecule has 1 aliphatic heterocycles. The molecule has 1 N–H and O–H groups in total. The molecule has 4 heteroatoms. The van der Waals surface area contributed by atoms with E-state index in [1.807, 2.05) is 27.0 Å². The Kier molecular flexibility index (Phi) is 5.77. The van der Waals surface area contributed by atoms with Crippen molar-refractivity contribution in [1.82, 2.24) is 5.32 Å². The fourth-order valence-electron chi connectivity index (χ4n) is 1.30. The van der Waals surface area contributed by atoms with Crippen LogP contribution in [0.2, 0.25) is 0 Å². The van der Waals surface area contributed by atoms with E-state index in [4.69, 9.17) is 9.47 Å². The Morgan fingerprint density at radius 3 is 2.94 bits per heavy atom. The number of hydrogen-bond donors (Lipinski definition) is 1. The van der Waals surface area contributed by atoms with Crippen molar-refractivity contribution in [1.29, 1.82) is 0 Å². The van der Waals surface area contributed by atoms with Crippen LogP contribution in [0.3, 0.4) is 0 Å². The molecule has 0 saturated carbocycles. The molecule has 0 spiro atoms. The molecule has 2 atom stereocenters. The van der Waals surface area contributed by atoms with Gasteiger partial charge in [0.05, 0.1) is 6.10 Å². The summed E-state index contributed by atoms with van der Waals surface area (Å²) in [5, 5.41) is 3.18. The molecule has 0 aromatic heterocycles. The minimum Gasteiger partial charge on any atom is -0.462 e. The van der Waals surface area contributed by atoms with Crippen molar-refractivity contribution >= 4 is 6.21 Å². The minimum atomic E-state index is -0.127. The summed E-state index contributed by atoms with van der Waals surface area (Å²) in [5.74, 6) is 0.485. The minimum absolute atomic E-state index is 0.100. The maximum Gasteiger partial charge on any atom is 0.299 e. The Morgan fingerprint density at radius 1 is 1.53 bits per heavy atom. The second kappa shape index (κ2) is 7.12. The van der Waals surface area contributed by atoms with Gasteiger partial charge in [0, 0.05) is 12.3 Å². The number of ether oxygens (including phenoxy) is 2. The van der Waals surface area contributed by atoms with E-state index in [0.717, 1.165) is 6.42 Å². The highest BCUT2D eigenvalue weighted by Crippen LogP contribution is 2.12. The van der Waals surface area contributed by atoms with Gasteiger partial charge in [0.25, 0.3) is 5.95 Å². The lowest BCUT2D eigenvalue weighted by molar-refractivity contribution is 0.000455. The first-order valence-electron chi connectivity index (χ1n) is 6.02.